The molecule has 0 aliphatic carbocycles. The van der Waals surface area contributed by atoms with Crippen LogP contribution in [0.25, 0.3) is 0 Å². The molecule has 164 valence electrons. The van der Waals surface area contributed by atoms with Crippen LogP contribution in [0.3, 0.4) is 0 Å². The number of likely N-dealkylation sites (tertiary alicyclic amines) is 1. The zero-order valence-corrected chi connectivity index (χ0v) is 18.1. The molecule has 0 bridgehead atoms. The molecule has 0 aromatic heterocycles. The lowest BCUT2D eigenvalue weighted by molar-refractivity contribution is -0.128. The molecule has 0 spiro atoms. The number of carbonyl (C=O) groups is 3. The highest BCUT2D eigenvalue weighted by Gasteiger charge is 2.19. The molecule has 4 amide bonds. The second kappa shape index (κ2) is 10.6. The second-order valence-corrected chi connectivity index (χ2v) is 7.92. The van der Waals surface area contributed by atoms with Crippen molar-refractivity contribution in [1.29, 1.82) is 0 Å². The summed E-state index contributed by atoms with van der Waals surface area (Å²) in [5.41, 5.74) is 3.33. The fourth-order valence-electron chi connectivity index (χ4n) is 3.35. The van der Waals surface area contributed by atoms with Crippen LogP contribution in [-0.2, 0) is 22.7 Å². The summed E-state index contributed by atoms with van der Waals surface area (Å²) in [6.07, 6.45) is 2.34. The Morgan fingerprint density at radius 2 is 1.81 bits per heavy atom. The van der Waals surface area contributed by atoms with E-state index in [0.29, 0.717) is 25.2 Å². The highest BCUT2D eigenvalue weighted by atomic mass is 16.2. The first-order chi connectivity index (χ1) is 14.9. The van der Waals surface area contributed by atoms with E-state index in [1.54, 1.807) is 0 Å². The summed E-state index contributed by atoms with van der Waals surface area (Å²) < 4.78 is 0. The van der Waals surface area contributed by atoms with Crippen molar-refractivity contribution in [2.75, 3.05) is 17.2 Å². The molecule has 3 N–H and O–H groups in total. The maximum atomic E-state index is 12.2. The third-order valence-electron chi connectivity index (χ3n) is 5.46. The number of rotatable bonds is 8. The largest absolute Gasteiger partial charge is 0.338 e. The highest BCUT2D eigenvalue weighted by Crippen LogP contribution is 2.17. The zero-order valence-electron chi connectivity index (χ0n) is 18.1. The summed E-state index contributed by atoms with van der Waals surface area (Å²) >= 11 is 0. The first kappa shape index (κ1) is 22.3. The van der Waals surface area contributed by atoms with Gasteiger partial charge in [-0.3, -0.25) is 9.59 Å². The number of carbonyl (C=O) groups excluding carboxylic acids is 3. The lowest BCUT2D eigenvalue weighted by Gasteiger charge is -2.15. The van der Waals surface area contributed by atoms with Crippen LogP contribution in [0.2, 0.25) is 0 Å². The van der Waals surface area contributed by atoms with Crippen LogP contribution < -0.4 is 16.0 Å². The number of hydrogen-bond acceptors (Lipinski definition) is 3. The number of nitrogens with zero attached hydrogens (tertiary/aromatic N) is 1. The molecule has 3 rings (SSSR count). The number of anilines is 2. The summed E-state index contributed by atoms with van der Waals surface area (Å²) in [4.78, 5) is 37.9. The van der Waals surface area contributed by atoms with Gasteiger partial charge >= 0.3 is 6.03 Å². The van der Waals surface area contributed by atoms with E-state index >= 15 is 0 Å². The second-order valence-electron chi connectivity index (χ2n) is 7.92. The van der Waals surface area contributed by atoms with Crippen molar-refractivity contribution in [1.82, 2.24) is 10.2 Å². The molecule has 2 aromatic carbocycles. The van der Waals surface area contributed by atoms with Crippen molar-refractivity contribution in [3.8, 4) is 0 Å². The molecule has 1 unspecified atom stereocenters. The van der Waals surface area contributed by atoms with Gasteiger partial charge in [0, 0.05) is 43.3 Å². The van der Waals surface area contributed by atoms with E-state index in [1.807, 2.05) is 67.3 Å². The standard InChI is InChI=1S/C24H30N4O3/c1-3-17(2)23(30)26-21-7-4-6-19(14-21)15-25-24(31)27-20-11-9-18(10-12-20)16-28-13-5-8-22(28)29/h4,6-7,9-12,14,17H,3,5,8,13,15-16H2,1-2H3,(H,26,30)(H2,25,27,31). The third-order valence-corrected chi connectivity index (χ3v) is 5.46. The SMILES string of the molecule is CCC(C)C(=O)Nc1cccc(CNC(=O)Nc2ccc(CN3CCCC3=O)cc2)c1. The molecular weight excluding hydrogens is 392 g/mol. The molecule has 7 heteroatoms. The van der Waals surface area contributed by atoms with Gasteiger partial charge in [0.15, 0.2) is 0 Å². The third kappa shape index (κ3) is 6.57. The zero-order chi connectivity index (χ0) is 22.2. The van der Waals surface area contributed by atoms with Crippen LogP contribution >= 0.6 is 0 Å². The molecule has 1 saturated heterocycles. The average molecular weight is 423 g/mol. The van der Waals surface area contributed by atoms with Crippen LogP contribution in [0.4, 0.5) is 16.2 Å². The van der Waals surface area contributed by atoms with Crippen LogP contribution in [0, 0.1) is 5.92 Å². The minimum Gasteiger partial charge on any atom is -0.338 e. The molecule has 1 aliphatic heterocycles. The Kier molecular flexibility index (Phi) is 7.65. The highest BCUT2D eigenvalue weighted by molar-refractivity contribution is 5.92. The first-order valence-corrected chi connectivity index (χ1v) is 10.8. The lowest BCUT2D eigenvalue weighted by atomic mass is 10.1. The lowest BCUT2D eigenvalue weighted by Crippen LogP contribution is -2.28. The predicted octanol–water partition coefficient (Wildman–Crippen LogP) is 4.12. The van der Waals surface area contributed by atoms with E-state index in [4.69, 9.17) is 0 Å². The maximum absolute atomic E-state index is 12.2. The summed E-state index contributed by atoms with van der Waals surface area (Å²) in [6, 6.07) is 14.6. The van der Waals surface area contributed by atoms with Crippen molar-refractivity contribution in [2.45, 2.75) is 46.2 Å². The van der Waals surface area contributed by atoms with Crippen molar-refractivity contribution in [2.24, 2.45) is 5.92 Å². The Morgan fingerprint density at radius 3 is 2.48 bits per heavy atom. The van der Waals surface area contributed by atoms with Crippen LogP contribution in [0.1, 0.15) is 44.2 Å². The number of benzene rings is 2. The predicted molar refractivity (Wildman–Crippen MR) is 121 cm³/mol. The molecule has 1 heterocycles. The van der Waals surface area contributed by atoms with Gasteiger partial charge in [0.2, 0.25) is 11.8 Å². The maximum Gasteiger partial charge on any atom is 0.319 e. The van der Waals surface area contributed by atoms with E-state index in [-0.39, 0.29) is 23.8 Å². The van der Waals surface area contributed by atoms with Crippen molar-refractivity contribution in [3.63, 3.8) is 0 Å². The first-order valence-electron chi connectivity index (χ1n) is 10.8. The van der Waals surface area contributed by atoms with E-state index in [9.17, 15) is 14.4 Å². The quantitative estimate of drug-likeness (QED) is 0.598. The number of hydrogen-bond donors (Lipinski definition) is 3. The Bertz CT molecular complexity index is 927. The van der Waals surface area contributed by atoms with Gasteiger partial charge in [-0.15, -0.1) is 0 Å². The van der Waals surface area contributed by atoms with Gasteiger partial charge in [0.1, 0.15) is 0 Å². The van der Waals surface area contributed by atoms with E-state index in [2.05, 4.69) is 16.0 Å². The van der Waals surface area contributed by atoms with Crippen LogP contribution in [0.5, 0.6) is 0 Å². The van der Waals surface area contributed by atoms with Gasteiger partial charge in [-0.25, -0.2) is 4.79 Å². The van der Waals surface area contributed by atoms with E-state index < -0.39 is 0 Å². The van der Waals surface area contributed by atoms with Crippen molar-refractivity contribution < 1.29 is 14.4 Å². The summed E-state index contributed by atoms with van der Waals surface area (Å²) in [5, 5.41) is 8.54. The van der Waals surface area contributed by atoms with E-state index in [1.165, 1.54) is 0 Å². The van der Waals surface area contributed by atoms with Gasteiger partial charge in [-0.1, -0.05) is 38.1 Å². The van der Waals surface area contributed by atoms with Gasteiger partial charge in [-0.2, -0.15) is 0 Å². The van der Waals surface area contributed by atoms with Crippen molar-refractivity contribution >= 4 is 29.2 Å². The molecule has 2 aromatic rings. The average Bonchev–Trinajstić information content (AvgIpc) is 3.17. The monoisotopic (exact) mass is 422 g/mol. The number of urea groups is 1. The fourth-order valence-corrected chi connectivity index (χ4v) is 3.35. The number of amides is 4. The van der Waals surface area contributed by atoms with Gasteiger partial charge in [0.25, 0.3) is 0 Å². The Hall–Kier alpha value is -3.35. The van der Waals surface area contributed by atoms with Crippen LogP contribution in [-0.4, -0.2) is 29.3 Å². The van der Waals surface area contributed by atoms with Crippen LogP contribution in [0.15, 0.2) is 48.5 Å². The fraction of sp³-hybridized carbons (Fsp3) is 0.375. The molecule has 7 nitrogen and oxygen atoms in total. The van der Waals surface area contributed by atoms with Gasteiger partial charge in [0.05, 0.1) is 0 Å². The van der Waals surface area contributed by atoms with E-state index in [0.717, 1.165) is 36.2 Å². The molecule has 0 saturated carbocycles. The minimum atomic E-state index is -0.309. The van der Waals surface area contributed by atoms with Gasteiger partial charge in [-0.05, 0) is 48.2 Å². The number of nitrogens with one attached hydrogen (secondary N) is 3. The Morgan fingerprint density at radius 1 is 1.03 bits per heavy atom. The Balaban J connectivity index is 1.47. The summed E-state index contributed by atoms with van der Waals surface area (Å²) in [5.74, 6) is 0.141. The summed E-state index contributed by atoms with van der Waals surface area (Å²) in [6.45, 7) is 5.63. The smallest absolute Gasteiger partial charge is 0.319 e. The molecule has 1 aliphatic rings. The topological polar surface area (TPSA) is 90.5 Å². The molecular formula is C24H30N4O3. The van der Waals surface area contributed by atoms with Gasteiger partial charge < -0.3 is 20.9 Å². The van der Waals surface area contributed by atoms with Crippen molar-refractivity contribution in [3.05, 3.63) is 59.7 Å². The minimum absolute atomic E-state index is 0.0112. The molecule has 1 fully saturated rings. The Labute approximate surface area is 183 Å². The molecule has 31 heavy (non-hydrogen) atoms. The normalized spacial score (nSPS) is 14.3. The molecule has 1 atom stereocenters. The molecule has 0 radical (unpaired) electrons. The summed E-state index contributed by atoms with van der Waals surface area (Å²) in [7, 11) is 0.